The summed E-state index contributed by atoms with van der Waals surface area (Å²) in [4.78, 5) is 16.4. The molecule has 0 saturated carbocycles. The predicted molar refractivity (Wildman–Crippen MR) is 74.9 cm³/mol. The van der Waals surface area contributed by atoms with Crippen LogP contribution in [-0.4, -0.2) is 68.2 Å². The molecule has 110 valence electrons. The van der Waals surface area contributed by atoms with E-state index in [4.69, 9.17) is 10.5 Å². The maximum atomic E-state index is 11.9. The van der Waals surface area contributed by atoms with Gasteiger partial charge in [0, 0.05) is 39.1 Å². The molecule has 2 heterocycles. The summed E-state index contributed by atoms with van der Waals surface area (Å²) in [5, 5.41) is 0. The monoisotopic (exact) mass is 269 g/mol. The maximum absolute atomic E-state index is 11.9. The average Bonchev–Trinajstić information content (AvgIpc) is 2.46. The van der Waals surface area contributed by atoms with E-state index in [1.54, 1.807) is 0 Å². The molecule has 5 heteroatoms. The zero-order chi connectivity index (χ0) is 13.5. The lowest BCUT2D eigenvalue weighted by atomic mass is 9.95. The molecule has 0 spiro atoms. The Morgan fingerprint density at radius 2 is 1.84 bits per heavy atom. The van der Waals surface area contributed by atoms with Gasteiger partial charge in [-0.1, -0.05) is 0 Å². The summed E-state index contributed by atoms with van der Waals surface area (Å²) >= 11 is 0. The Hall–Kier alpha value is -0.650. The summed E-state index contributed by atoms with van der Waals surface area (Å²) in [5.74, 6) is 1.03. The maximum Gasteiger partial charge on any atom is 0.222 e. The molecule has 0 unspecified atom stereocenters. The fourth-order valence-corrected chi connectivity index (χ4v) is 2.93. The molecule has 2 fully saturated rings. The van der Waals surface area contributed by atoms with Crippen molar-refractivity contribution < 1.29 is 9.53 Å². The van der Waals surface area contributed by atoms with Crippen molar-refractivity contribution in [2.45, 2.75) is 25.7 Å². The van der Waals surface area contributed by atoms with Crippen molar-refractivity contribution in [3.05, 3.63) is 0 Å². The molecule has 0 atom stereocenters. The Kier molecular flexibility index (Phi) is 6.07. The standard InChI is InChI=1S/C14H27N3O2/c15-5-1-2-14(18)17-6-3-13(4-7-17)12-16-8-10-19-11-9-16/h13H,1-12,15H2. The number of hydrogen-bond acceptors (Lipinski definition) is 4. The number of piperidine rings is 1. The number of carbonyl (C=O) groups is 1. The van der Waals surface area contributed by atoms with Gasteiger partial charge in [-0.25, -0.2) is 0 Å². The molecule has 0 aromatic heterocycles. The third kappa shape index (κ3) is 4.75. The lowest BCUT2D eigenvalue weighted by molar-refractivity contribution is -0.132. The first-order chi connectivity index (χ1) is 9.29. The van der Waals surface area contributed by atoms with Crippen molar-refractivity contribution in [1.29, 1.82) is 0 Å². The van der Waals surface area contributed by atoms with Crippen LogP contribution in [0.3, 0.4) is 0 Å². The van der Waals surface area contributed by atoms with E-state index in [1.165, 1.54) is 6.54 Å². The Bertz CT molecular complexity index is 272. The second kappa shape index (κ2) is 7.82. The number of carbonyl (C=O) groups excluding carboxylic acids is 1. The third-order valence-electron chi connectivity index (χ3n) is 4.18. The zero-order valence-corrected chi connectivity index (χ0v) is 11.9. The van der Waals surface area contributed by atoms with Gasteiger partial charge in [-0.3, -0.25) is 9.69 Å². The summed E-state index contributed by atoms with van der Waals surface area (Å²) in [7, 11) is 0. The summed E-state index contributed by atoms with van der Waals surface area (Å²) in [6.07, 6.45) is 3.72. The number of hydrogen-bond donors (Lipinski definition) is 1. The van der Waals surface area contributed by atoms with Crippen molar-refractivity contribution in [3.63, 3.8) is 0 Å². The molecule has 0 bridgehead atoms. The van der Waals surface area contributed by atoms with Gasteiger partial charge in [0.1, 0.15) is 0 Å². The smallest absolute Gasteiger partial charge is 0.222 e. The van der Waals surface area contributed by atoms with E-state index in [1.807, 2.05) is 4.90 Å². The van der Waals surface area contributed by atoms with E-state index in [-0.39, 0.29) is 5.91 Å². The van der Waals surface area contributed by atoms with Crippen LogP contribution < -0.4 is 5.73 Å². The van der Waals surface area contributed by atoms with Crippen molar-refractivity contribution in [1.82, 2.24) is 9.80 Å². The molecule has 2 aliphatic heterocycles. The lowest BCUT2D eigenvalue weighted by Gasteiger charge is -2.36. The van der Waals surface area contributed by atoms with Crippen LogP contribution in [0.25, 0.3) is 0 Å². The molecule has 2 saturated heterocycles. The van der Waals surface area contributed by atoms with Gasteiger partial charge in [0.2, 0.25) is 5.91 Å². The lowest BCUT2D eigenvalue weighted by Crippen LogP contribution is -2.44. The molecule has 2 rings (SSSR count). The minimum atomic E-state index is 0.287. The Morgan fingerprint density at radius 3 is 2.47 bits per heavy atom. The van der Waals surface area contributed by atoms with Crippen molar-refractivity contribution in [2.75, 3.05) is 52.5 Å². The van der Waals surface area contributed by atoms with Gasteiger partial charge in [-0.05, 0) is 31.7 Å². The number of morpholine rings is 1. The number of rotatable bonds is 5. The number of likely N-dealkylation sites (tertiary alicyclic amines) is 1. The summed E-state index contributed by atoms with van der Waals surface area (Å²) in [6.45, 7) is 7.52. The van der Waals surface area contributed by atoms with Gasteiger partial charge in [0.15, 0.2) is 0 Å². The van der Waals surface area contributed by atoms with Gasteiger partial charge >= 0.3 is 0 Å². The first-order valence-electron chi connectivity index (χ1n) is 7.57. The summed E-state index contributed by atoms with van der Waals surface area (Å²) < 4.78 is 5.37. The van der Waals surface area contributed by atoms with E-state index in [2.05, 4.69) is 4.90 Å². The number of amides is 1. The molecular weight excluding hydrogens is 242 g/mol. The Morgan fingerprint density at radius 1 is 1.16 bits per heavy atom. The number of nitrogens with two attached hydrogens (primary N) is 1. The van der Waals surface area contributed by atoms with Crippen LogP contribution in [-0.2, 0) is 9.53 Å². The highest BCUT2D eigenvalue weighted by Crippen LogP contribution is 2.19. The van der Waals surface area contributed by atoms with Gasteiger partial charge in [0.25, 0.3) is 0 Å². The van der Waals surface area contributed by atoms with E-state index in [0.29, 0.717) is 13.0 Å². The van der Waals surface area contributed by atoms with Crippen molar-refractivity contribution >= 4 is 5.91 Å². The molecule has 5 nitrogen and oxygen atoms in total. The largest absolute Gasteiger partial charge is 0.379 e. The van der Waals surface area contributed by atoms with Crippen molar-refractivity contribution in [2.24, 2.45) is 11.7 Å². The van der Waals surface area contributed by atoms with E-state index >= 15 is 0 Å². The van der Waals surface area contributed by atoms with Crippen LogP contribution in [0.4, 0.5) is 0 Å². The predicted octanol–water partition coefficient (Wildman–Crippen LogP) is 0.296. The minimum Gasteiger partial charge on any atom is -0.379 e. The van der Waals surface area contributed by atoms with E-state index < -0.39 is 0 Å². The van der Waals surface area contributed by atoms with Crippen molar-refractivity contribution in [3.8, 4) is 0 Å². The van der Waals surface area contributed by atoms with Crippen LogP contribution in [0.15, 0.2) is 0 Å². The SMILES string of the molecule is NCCCC(=O)N1CCC(CN2CCOCC2)CC1. The Labute approximate surface area is 116 Å². The molecule has 2 aliphatic rings. The van der Waals surface area contributed by atoms with Crippen LogP contribution in [0.1, 0.15) is 25.7 Å². The first-order valence-corrected chi connectivity index (χ1v) is 7.57. The van der Waals surface area contributed by atoms with Gasteiger partial charge in [-0.2, -0.15) is 0 Å². The van der Waals surface area contributed by atoms with Gasteiger partial charge in [0.05, 0.1) is 13.2 Å². The quantitative estimate of drug-likeness (QED) is 0.780. The van der Waals surface area contributed by atoms with E-state index in [0.717, 1.165) is 64.6 Å². The molecule has 0 aromatic carbocycles. The zero-order valence-electron chi connectivity index (χ0n) is 11.9. The molecule has 19 heavy (non-hydrogen) atoms. The Balaban J connectivity index is 1.65. The molecule has 0 aliphatic carbocycles. The van der Waals surface area contributed by atoms with Crippen LogP contribution in [0, 0.1) is 5.92 Å². The van der Waals surface area contributed by atoms with Gasteiger partial charge in [-0.15, -0.1) is 0 Å². The number of ether oxygens (including phenoxy) is 1. The topological polar surface area (TPSA) is 58.8 Å². The second-order valence-corrected chi connectivity index (χ2v) is 5.63. The third-order valence-corrected chi connectivity index (χ3v) is 4.18. The fourth-order valence-electron chi connectivity index (χ4n) is 2.93. The average molecular weight is 269 g/mol. The van der Waals surface area contributed by atoms with Crippen LogP contribution in [0.2, 0.25) is 0 Å². The summed E-state index contributed by atoms with van der Waals surface area (Å²) in [6, 6.07) is 0. The normalized spacial score (nSPS) is 22.7. The highest BCUT2D eigenvalue weighted by atomic mass is 16.5. The first kappa shape index (κ1) is 14.8. The minimum absolute atomic E-state index is 0.287. The van der Waals surface area contributed by atoms with E-state index in [9.17, 15) is 4.79 Å². The molecule has 0 radical (unpaired) electrons. The van der Waals surface area contributed by atoms with Gasteiger partial charge < -0.3 is 15.4 Å². The van der Waals surface area contributed by atoms with Crippen LogP contribution >= 0.6 is 0 Å². The molecule has 2 N–H and O–H groups in total. The highest BCUT2D eigenvalue weighted by Gasteiger charge is 2.24. The second-order valence-electron chi connectivity index (χ2n) is 5.63. The summed E-state index contributed by atoms with van der Waals surface area (Å²) in [5.41, 5.74) is 5.45. The molecule has 1 amide bonds. The fraction of sp³-hybridized carbons (Fsp3) is 0.929. The molecular formula is C14H27N3O2. The molecule has 0 aromatic rings. The number of nitrogens with zero attached hydrogens (tertiary/aromatic N) is 2. The highest BCUT2D eigenvalue weighted by molar-refractivity contribution is 5.76. The van der Waals surface area contributed by atoms with Crippen LogP contribution in [0.5, 0.6) is 0 Å².